The molecule has 0 radical (unpaired) electrons. The second-order valence-electron chi connectivity index (χ2n) is 6.53. The number of anilines is 2. The van der Waals surface area contributed by atoms with Crippen LogP contribution < -0.4 is 19.1 Å². The first-order valence-electron chi connectivity index (χ1n) is 9.20. The lowest BCUT2D eigenvalue weighted by Gasteiger charge is -2.18. The molecule has 1 N–H and O–H groups in total. The molecule has 0 spiro atoms. The van der Waals surface area contributed by atoms with Crippen molar-refractivity contribution < 1.29 is 22.7 Å². The lowest BCUT2D eigenvalue weighted by Crippen LogP contribution is -2.31. The van der Waals surface area contributed by atoms with Crippen molar-refractivity contribution in [2.24, 2.45) is 0 Å². The van der Waals surface area contributed by atoms with Crippen LogP contribution in [0.15, 0.2) is 82.2 Å². The first-order chi connectivity index (χ1) is 14.8. The Bertz CT molecular complexity index is 1150. The highest BCUT2D eigenvalue weighted by molar-refractivity contribution is 9.10. The molecule has 0 aliphatic carbocycles. The fourth-order valence-corrected chi connectivity index (χ4v) is 3.97. The first kappa shape index (κ1) is 22.6. The van der Waals surface area contributed by atoms with E-state index in [1.165, 1.54) is 29.2 Å². The molecule has 0 atom stereocenters. The first-order valence-corrected chi connectivity index (χ1v) is 11.5. The van der Waals surface area contributed by atoms with E-state index in [0.29, 0.717) is 22.9 Å². The summed E-state index contributed by atoms with van der Waals surface area (Å²) in [6.45, 7) is -0.197. The van der Waals surface area contributed by atoms with Crippen molar-refractivity contribution in [1.29, 1.82) is 0 Å². The molecule has 7 nitrogen and oxygen atoms in total. The summed E-state index contributed by atoms with van der Waals surface area (Å²) in [7, 11) is -0.538. The maximum absolute atomic E-state index is 12.5. The summed E-state index contributed by atoms with van der Waals surface area (Å²) in [5.74, 6) is 0.767. The highest BCUT2D eigenvalue weighted by Gasteiger charge is 2.15. The van der Waals surface area contributed by atoms with Crippen LogP contribution in [0.4, 0.5) is 11.4 Å². The van der Waals surface area contributed by atoms with Gasteiger partial charge in [-0.15, -0.1) is 0 Å². The Balaban J connectivity index is 1.60. The van der Waals surface area contributed by atoms with Gasteiger partial charge in [0.1, 0.15) is 11.5 Å². The molecule has 31 heavy (non-hydrogen) atoms. The minimum Gasteiger partial charge on any atom is -0.497 e. The van der Waals surface area contributed by atoms with Gasteiger partial charge >= 0.3 is 0 Å². The number of nitrogens with one attached hydrogen (secondary N) is 1. The third-order valence-corrected chi connectivity index (χ3v) is 6.33. The van der Waals surface area contributed by atoms with E-state index >= 15 is 0 Å². The molecule has 0 bridgehead atoms. The van der Waals surface area contributed by atoms with Gasteiger partial charge in [-0.3, -0.25) is 9.52 Å². The van der Waals surface area contributed by atoms with Crippen LogP contribution in [-0.2, 0) is 14.8 Å². The predicted molar refractivity (Wildman–Crippen MR) is 123 cm³/mol. The van der Waals surface area contributed by atoms with Crippen molar-refractivity contribution >= 4 is 43.2 Å². The molecule has 3 aromatic rings. The van der Waals surface area contributed by atoms with Crippen LogP contribution in [0.3, 0.4) is 0 Å². The SMILES string of the molecule is COc1cccc(N(C)C(=O)COc2ccc(S(=O)(=O)Nc3ccc(Br)cc3)cc2)c1. The van der Waals surface area contributed by atoms with E-state index in [2.05, 4.69) is 20.7 Å². The fourth-order valence-electron chi connectivity index (χ4n) is 2.65. The molecule has 0 aliphatic rings. The average molecular weight is 505 g/mol. The summed E-state index contributed by atoms with van der Waals surface area (Å²) in [5, 5.41) is 0. The Morgan fingerprint density at radius 1 is 1.00 bits per heavy atom. The number of carbonyl (C=O) groups is 1. The Labute approximate surface area is 189 Å². The van der Waals surface area contributed by atoms with Gasteiger partial charge in [0, 0.05) is 29.0 Å². The molecule has 162 valence electrons. The van der Waals surface area contributed by atoms with Gasteiger partial charge in [-0.05, 0) is 60.7 Å². The molecule has 0 heterocycles. The number of hydrogen-bond donors (Lipinski definition) is 1. The largest absolute Gasteiger partial charge is 0.497 e. The molecule has 0 saturated carbocycles. The smallest absolute Gasteiger partial charge is 0.264 e. The normalized spacial score (nSPS) is 10.9. The van der Waals surface area contributed by atoms with Gasteiger partial charge in [0.25, 0.3) is 15.9 Å². The number of halogens is 1. The fraction of sp³-hybridized carbons (Fsp3) is 0.136. The number of benzene rings is 3. The average Bonchev–Trinajstić information content (AvgIpc) is 2.78. The van der Waals surface area contributed by atoms with Gasteiger partial charge in [0.2, 0.25) is 0 Å². The molecular weight excluding hydrogens is 484 g/mol. The second-order valence-corrected chi connectivity index (χ2v) is 9.12. The molecule has 1 amide bonds. The van der Waals surface area contributed by atoms with E-state index in [0.717, 1.165) is 4.47 Å². The van der Waals surface area contributed by atoms with Gasteiger partial charge < -0.3 is 14.4 Å². The van der Waals surface area contributed by atoms with E-state index in [1.807, 2.05) is 0 Å². The van der Waals surface area contributed by atoms with Crippen molar-refractivity contribution in [3.05, 3.63) is 77.3 Å². The number of hydrogen-bond acceptors (Lipinski definition) is 5. The van der Waals surface area contributed by atoms with Crippen LogP contribution in [0.2, 0.25) is 0 Å². The minimum atomic E-state index is -3.74. The van der Waals surface area contributed by atoms with Crippen molar-refractivity contribution in [2.45, 2.75) is 4.90 Å². The Morgan fingerprint density at radius 2 is 1.68 bits per heavy atom. The molecule has 0 fully saturated rings. The van der Waals surface area contributed by atoms with E-state index in [4.69, 9.17) is 9.47 Å². The monoisotopic (exact) mass is 504 g/mol. The van der Waals surface area contributed by atoms with E-state index in [1.54, 1.807) is 62.7 Å². The minimum absolute atomic E-state index is 0.0857. The maximum Gasteiger partial charge on any atom is 0.264 e. The molecule has 0 saturated heterocycles. The highest BCUT2D eigenvalue weighted by atomic mass is 79.9. The number of rotatable bonds is 8. The van der Waals surface area contributed by atoms with Gasteiger partial charge in [0.15, 0.2) is 6.61 Å². The number of nitrogens with zero attached hydrogens (tertiary/aromatic N) is 1. The summed E-state index contributed by atoms with van der Waals surface area (Å²) in [5.41, 5.74) is 1.13. The van der Waals surface area contributed by atoms with Crippen LogP contribution in [-0.4, -0.2) is 35.1 Å². The van der Waals surface area contributed by atoms with E-state index in [9.17, 15) is 13.2 Å². The van der Waals surface area contributed by atoms with Crippen molar-refractivity contribution in [1.82, 2.24) is 0 Å². The zero-order valence-corrected chi connectivity index (χ0v) is 19.3. The van der Waals surface area contributed by atoms with E-state index < -0.39 is 10.0 Å². The van der Waals surface area contributed by atoms with Crippen molar-refractivity contribution in [3.63, 3.8) is 0 Å². The third-order valence-electron chi connectivity index (χ3n) is 4.41. The van der Waals surface area contributed by atoms with Crippen LogP contribution in [0, 0.1) is 0 Å². The quantitative estimate of drug-likeness (QED) is 0.494. The van der Waals surface area contributed by atoms with Gasteiger partial charge in [0.05, 0.1) is 12.0 Å². The number of sulfonamides is 1. The highest BCUT2D eigenvalue weighted by Crippen LogP contribution is 2.22. The lowest BCUT2D eigenvalue weighted by atomic mass is 10.3. The number of likely N-dealkylation sites (N-methyl/N-ethyl adjacent to an activating group) is 1. The summed E-state index contributed by atoms with van der Waals surface area (Å²) in [6, 6.07) is 19.8. The zero-order chi connectivity index (χ0) is 22.4. The lowest BCUT2D eigenvalue weighted by molar-refractivity contribution is -0.120. The second kappa shape index (κ2) is 9.84. The topological polar surface area (TPSA) is 84.9 Å². The Hall–Kier alpha value is -3.04. The third kappa shape index (κ3) is 5.99. The Morgan fingerprint density at radius 3 is 2.32 bits per heavy atom. The summed E-state index contributed by atoms with van der Waals surface area (Å²) in [4.78, 5) is 14.0. The van der Waals surface area contributed by atoms with Crippen LogP contribution in [0.5, 0.6) is 11.5 Å². The number of amides is 1. The summed E-state index contributed by atoms with van der Waals surface area (Å²) < 4.78 is 39.1. The standard InChI is InChI=1S/C22H21BrN2O5S/c1-25(18-4-3-5-20(14-18)29-2)22(26)15-30-19-10-12-21(13-11-19)31(27,28)24-17-8-6-16(23)7-9-17/h3-14,24H,15H2,1-2H3. The number of methoxy groups -OCH3 is 1. The molecule has 0 unspecified atom stereocenters. The van der Waals surface area contributed by atoms with Gasteiger partial charge in [-0.2, -0.15) is 0 Å². The van der Waals surface area contributed by atoms with Crippen LogP contribution in [0.1, 0.15) is 0 Å². The molecule has 0 aromatic heterocycles. The van der Waals surface area contributed by atoms with Crippen LogP contribution >= 0.6 is 15.9 Å². The molecule has 0 aliphatic heterocycles. The van der Waals surface area contributed by atoms with Gasteiger partial charge in [-0.1, -0.05) is 22.0 Å². The summed E-state index contributed by atoms with van der Waals surface area (Å²) >= 11 is 3.31. The van der Waals surface area contributed by atoms with E-state index in [-0.39, 0.29) is 17.4 Å². The zero-order valence-electron chi connectivity index (χ0n) is 16.9. The number of carbonyl (C=O) groups excluding carboxylic acids is 1. The van der Waals surface area contributed by atoms with Crippen LogP contribution in [0.25, 0.3) is 0 Å². The predicted octanol–water partition coefficient (Wildman–Crippen LogP) is 4.30. The molecule has 9 heteroatoms. The Kier molecular flexibility index (Phi) is 7.19. The maximum atomic E-state index is 12.5. The molecule has 3 aromatic carbocycles. The van der Waals surface area contributed by atoms with Crippen molar-refractivity contribution in [2.75, 3.05) is 30.4 Å². The molecular formula is C22H21BrN2O5S. The van der Waals surface area contributed by atoms with Gasteiger partial charge in [-0.25, -0.2) is 8.42 Å². The number of ether oxygens (including phenoxy) is 2. The summed E-state index contributed by atoms with van der Waals surface area (Å²) in [6.07, 6.45) is 0. The van der Waals surface area contributed by atoms with Crippen molar-refractivity contribution in [3.8, 4) is 11.5 Å². The molecule has 3 rings (SSSR count).